The molecule has 26 heavy (non-hydrogen) atoms. The van der Waals surface area contributed by atoms with Crippen LogP contribution in [0.3, 0.4) is 0 Å². The first-order chi connectivity index (χ1) is 12.6. The summed E-state index contributed by atoms with van der Waals surface area (Å²) in [5.74, 6) is 1.20. The zero-order valence-electron chi connectivity index (χ0n) is 14.4. The van der Waals surface area contributed by atoms with Crippen LogP contribution in [0.25, 0.3) is 0 Å². The van der Waals surface area contributed by atoms with E-state index in [0.29, 0.717) is 11.5 Å². The van der Waals surface area contributed by atoms with Crippen LogP contribution in [0.5, 0.6) is 0 Å². The second-order valence-electron chi connectivity index (χ2n) is 6.01. The summed E-state index contributed by atoms with van der Waals surface area (Å²) >= 11 is 0. The van der Waals surface area contributed by atoms with Crippen LogP contribution in [0.2, 0.25) is 0 Å². The fourth-order valence-corrected chi connectivity index (χ4v) is 6.40. The van der Waals surface area contributed by atoms with Gasteiger partial charge in [0, 0.05) is 11.5 Å². The normalized spacial score (nSPS) is 11.4. The third-order valence-corrected chi connectivity index (χ3v) is 7.55. The smallest absolute Gasteiger partial charge is 0.204 e. The molecule has 0 fully saturated rings. The number of nitrogens with zero attached hydrogens (tertiary/aromatic N) is 1. The summed E-state index contributed by atoms with van der Waals surface area (Å²) in [7, 11) is -4.17. The molecule has 0 spiro atoms. The second-order valence-corrected chi connectivity index (χ2v) is 9.56. The quantitative estimate of drug-likeness (QED) is 0.593. The topological polar surface area (TPSA) is 46.5 Å². The van der Waals surface area contributed by atoms with Gasteiger partial charge >= 0.3 is 0 Å². The Morgan fingerprint density at radius 3 is 1.42 bits per heavy atom. The highest BCUT2D eigenvalue weighted by atomic mass is 32.3. The Morgan fingerprint density at radius 2 is 1.00 bits per heavy atom. The highest BCUT2D eigenvalue weighted by Gasteiger charge is 2.13. The Morgan fingerprint density at radius 1 is 0.615 bits per heavy atom. The maximum Gasteiger partial charge on any atom is 0.262 e. The minimum absolute atomic E-state index is 0.0546. The molecule has 0 unspecified atom stereocenters. The van der Waals surface area contributed by atoms with Gasteiger partial charge in [-0.1, -0.05) is 102 Å². The van der Waals surface area contributed by atoms with Crippen LogP contribution in [0, 0.1) is 0 Å². The zero-order valence-corrected chi connectivity index (χ0v) is 16.0. The molecule has 0 amide bonds. The van der Waals surface area contributed by atoms with Crippen LogP contribution in [0.1, 0.15) is 16.7 Å². The molecule has 0 aromatic heterocycles. The molecule has 3 rings (SSSR count). The first-order valence-corrected chi connectivity index (χ1v) is 11.5. The minimum Gasteiger partial charge on any atom is -0.204 e. The zero-order chi connectivity index (χ0) is 18.2. The summed E-state index contributed by atoms with van der Waals surface area (Å²) in [6, 6.07) is 29.1. The van der Waals surface area contributed by atoms with Gasteiger partial charge in [-0.05, 0) is 16.7 Å². The average molecular weight is 384 g/mol. The van der Waals surface area contributed by atoms with E-state index in [1.54, 1.807) is 0 Å². The minimum atomic E-state index is -3.54. The third kappa shape index (κ3) is 5.93. The van der Waals surface area contributed by atoms with Gasteiger partial charge in [0.1, 0.15) is 0 Å². The predicted octanol–water partition coefficient (Wildman–Crippen LogP) is 4.72. The highest BCUT2D eigenvalue weighted by molar-refractivity contribution is 7.99. The lowest BCUT2D eigenvalue weighted by Gasteiger charge is -2.09. The number of benzene rings is 3. The van der Waals surface area contributed by atoms with Crippen LogP contribution >= 0.6 is 0 Å². The number of rotatable bonds is 7. The van der Waals surface area contributed by atoms with Crippen molar-refractivity contribution in [1.82, 2.24) is 0 Å². The lowest BCUT2D eigenvalue weighted by Crippen LogP contribution is -2.06. The van der Waals surface area contributed by atoms with Crippen molar-refractivity contribution in [2.24, 2.45) is 3.77 Å². The Bertz CT molecular complexity index is 911. The Labute approximate surface area is 157 Å². The van der Waals surface area contributed by atoms with E-state index in [1.807, 2.05) is 91.0 Å². The highest BCUT2D eigenvalue weighted by Crippen LogP contribution is 2.15. The van der Waals surface area contributed by atoms with E-state index < -0.39 is 20.7 Å². The van der Waals surface area contributed by atoms with Crippen molar-refractivity contribution in [2.45, 2.75) is 17.3 Å². The maximum atomic E-state index is 12.6. The molecule has 3 aromatic rings. The Kier molecular flexibility index (Phi) is 6.36. The third-order valence-electron chi connectivity index (χ3n) is 3.76. The molecule has 3 aromatic carbocycles. The molecule has 0 aliphatic rings. The number of hydrogen-bond acceptors (Lipinski definition) is 2. The van der Waals surface area contributed by atoms with Gasteiger partial charge in [-0.3, -0.25) is 0 Å². The van der Waals surface area contributed by atoms with Gasteiger partial charge < -0.3 is 0 Å². The molecular weight excluding hydrogens is 362 g/mol. The number of sulfonamides is 1. The van der Waals surface area contributed by atoms with Gasteiger partial charge in [-0.25, -0.2) is 8.42 Å². The van der Waals surface area contributed by atoms with E-state index in [0.717, 1.165) is 16.7 Å². The summed E-state index contributed by atoms with van der Waals surface area (Å²) in [6.45, 7) is 0. The fourth-order valence-electron chi connectivity index (χ4n) is 2.61. The number of hydrogen-bond donors (Lipinski definition) is 0. The van der Waals surface area contributed by atoms with E-state index in [9.17, 15) is 8.42 Å². The van der Waals surface area contributed by atoms with Crippen molar-refractivity contribution in [1.29, 1.82) is 0 Å². The molecule has 3 nitrogen and oxygen atoms in total. The van der Waals surface area contributed by atoms with Gasteiger partial charge in [-0.2, -0.15) is 0 Å². The van der Waals surface area contributed by atoms with Gasteiger partial charge in [0.25, 0.3) is 10.0 Å². The molecule has 0 radical (unpaired) electrons. The summed E-state index contributed by atoms with van der Waals surface area (Å²) < 4.78 is 29.6. The molecule has 0 heterocycles. The Balaban J connectivity index is 1.86. The maximum absolute atomic E-state index is 12.6. The monoisotopic (exact) mass is 383 g/mol. The van der Waals surface area contributed by atoms with Gasteiger partial charge in [0.2, 0.25) is 0 Å². The van der Waals surface area contributed by atoms with E-state index >= 15 is 0 Å². The summed E-state index contributed by atoms with van der Waals surface area (Å²) in [4.78, 5) is 0. The van der Waals surface area contributed by atoms with E-state index in [2.05, 4.69) is 3.77 Å². The van der Waals surface area contributed by atoms with Gasteiger partial charge in [0.15, 0.2) is 0 Å². The summed E-state index contributed by atoms with van der Waals surface area (Å²) in [5.41, 5.74) is 2.97. The summed E-state index contributed by atoms with van der Waals surface area (Å²) in [6.07, 6.45) is 0. The van der Waals surface area contributed by atoms with Crippen LogP contribution in [-0.4, -0.2) is 8.42 Å². The molecule has 5 heteroatoms. The molecule has 0 saturated carbocycles. The fraction of sp³-hybridized carbons (Fsp3) is 0.143. The van der Waals surface area contributed by atoms with Crippen LogP contribution < -0.4 is 0 Å². The van der Waals surface area contributed by atoms with Crippen LogP contribution in [0.15, 0.2) is 94.8 Å². The summed E-state index contributed by atoms with van der Waals surface area (Å²) in [5, 5.41) is 0. The van der Waals surface area contributed by atoms with Crippen molar-refractivity contribution in [3.05, 3.63) is 108 Å². The molecule has 0 bridgehead atoms. The lowest BCUT2D eigenvalue weighted by molar-refractivity contribution is 0.598. The van der Waals surface area contributed by atoms with Crippen molar-refractivity contribution in [3.8, 4) is 0 Å². The van der Waals surface area contributed by atoms with Crippen molar-refractivity contribution in [2.75, 3.05) is 0 Å². The van der Waals surface area contributed by atoms with Crippen LogP contribution in [-0.2, 0) is 38.0 Å². The van der Waals surface area contributed by atoms with Gasteiger partial charge in [-0.15, -0.1) is 3.77 Å². The van der Waals surface area contributed by atoms with Crippen molar-refractivity contribution >= 4 is 20.7 Å². The van der Waals surface area contributed by atoms with Gasteiger partial charge in [0.05, 0.1) is 5.75 Å². The first-order valence-electron chi connectivity index (χ1n) is 8.36. The molecule has 0 aliphatic heterocycles. The Hall–Kier alpha value is -2.24. The lowest BCUT2D eigenvalue weighted by atomic mass is 10.2. The molecule has 0 N–H and O–H groups in total. The largest absolute Gasteiger partial charge is 0.262 e. The van der Waals surface area contributed by atoms with Crippen LogP contribution in [0.4, 0.5) is 0 Å². The van der Waals surface area contributed by atoms with Crippen molar-refractivity contribution < 1.29 is 8.42 Å². The molecule has 0 atom stereocenters. The average Bonchev–Trinajstić information content (AvgIpc) is 2.63. The molecular formula is C21H21NO2S2. The van der Waals surface area contributed by atoms with E-state index in [1.165, 1.54) is 0 Å². The standard InChI is InChI=1S/C21H21NO2S2/c23-26(24,18-21-14-8-3-9-15-21)22-25(16-19-10-4-1-5-11-19)17-20-12-6-2-7-13-20/h1-15H,16-18H2. The SMILES string of the molecule is O=S(=O)(Cc1ccccc1)N=S(Cc1ccccc1)Cc1ccccc1. The molecule has 0 aliphatic carbocycles. The second kappa shape index (κ2) is 8.92. The van der Waals surface area contributed by atoms with Crippen molar-refractivity contribution in [3.63, 3.8) is 0 Å². The first kappa shape index (κ1) is 18.5. The van der Waals surface area contributed by atoms with E-state index in [4.69, 9.17) is 0 Å². The van der Waals surface area contributed by atoms with E-state index in [-0.39, 0.29) is 5.75 Å². The molecule has 0 saturated heterocycles. The molecule has 134 valence electrons. The predicted molar refractivity (Wildman–Crippen MR) is 109 cm³/mol.